The van der Waals surface area contributed by atoms with E-state index in [1.807, 2.05) is 6.08 Å². The molecule has 0 aromatic rings. The molecule has 0 amide bonds. The highest BCUT2D eigenvalue weighted by Gasteiger charge is 1.89. The maximum atomic E-state index is 3.96. The van der Waals surface area contributed by atoms with Gasteiger partial charge in [0.15, 0.2) is 0 Å². The lowest BCUT2D eigenvalue weighted by molar-refractivity contribution is 1.10. The molecule has 0 N–H and O–H groups in total. The van der Waals surface area contributed by atoms with Crippen LogP contribution in [0.2, 0.25) is 0 Å². The first-order chi connectivity index (χ1) is 6.24. The molecule has 0 heterocycles. The summed E-state index contributed by atoms with van der Waals surface area (Å²) in [6.07, 6.45) is 11.4. The molecular formula is C13H20. The lowest BCUT2D eigenvalue weighted by Gasteiger charge is -1.98. The Hall–Kier alpha value is -1.04. The summed E-state index contributed by atoms with van der Waals surface area (Å²) in [5.74, 6) is 0. The Labute approximate surface area is 82.4 Å². The SMILES string of the molecule is C=CC/C=C\C(=C/C(=C)CC)CC. The minimum absolute atomic E-state index is 0.940. The highest BCUT2D eigenvalue weighted by Crippen LogP contribution is 2.09. The first kappa shape index (κ1) is 12.0. The van der Waals surface area contributed by atoms with Gasteiger partial charge in [0.2, 0.25) is 0 Å². The van der Waals surface area contributed by atoms with Crippen molar-refractivity contribution in [3.8, 4) is 0 Å². The smallest absolute Gasteiger partial charge is 0.0169 e. The molecule has 0 aromatic carbocycles. The van der Waals surface area contributed by atoms with E-state index in [2.05, 4.69) is 45.2 Å². The molecule has 72 valence electrons. The van der Waals surface area contributed by atoms with Crippen LogP contribution >= 0.6 is 0 Å². The van der Waals surface area contributed by atoms with Crippen molar-refractivity contribution in [1.29, 1.82) is 0 Å². The lowest BCUT2D eigenvalue weighted by Crippen LogP contribution is -1.78. The average molecular weight is 176 g/mol. The van der Waals surface area contributed by atoms with Crippen molar-refractivity contribution in [3.63, 3.8) is 0 Å². The van der Waals surface area contributed by atoms with Crippen LogP contribution in [-0.2, 0) is 0 Å². The van der Waals surface area contributed by atoms with Gasteiger partial charge >= 0.3 is 0 Å². The molecule has 0 saturated carbocycles. The topological polar surface area (TPSA) is 0 Å². The van der Waals surface area contributed by atoms with E-state index in [1.165, 1.54) is 11.1 Å². The predicted octanol–water partition coefficient (Wildman–Crippen LogP) is 4.42. The quantitative estimate of drug-likeness (QED) is 0.415. The van der Waals surface area contributed by atoms with Crippen LogP contribution in [-0.4, -0.2) is 0 Å². The van der Waals surface area contributed by atoms with Gasteiger partial charge in [0.05, 0.1) is 0 Å². The van der Waals surface area contributed by atoms with Crippen molar-refractivity contribution >= 4 is 0 Å². The monoisotopic (exact) mass is 176 g/mol. The van der Waals surface area contributed by atoms with Gasteiger partial charge in [-0.25, -0.2) is 0 Å². The molecule has 0 atom stereocenters. The van der Waals surface area contributed by atoms with Gasteiger partial charge in [-0.3, -0.25) is 0 Å². The first-order valence-electron chi connectivity index (χ1n) is 4.90. The second kappa shape index (κ2) is 7.60. The second-order valence-electron chi connectivity index (χ2n) is 3.01. The van der Waals surface area contributed by atoms with Crippen molar-refractivity contribution in [1.82, 2.24) is 0 Å². The predicted molar refractivity (Wildman–Crippen MR) is 61.8 cm³/mol. The third-order valence-corrected chi connectivity index (χ3v) is 1.89. The van der Waals surface area contributed by atoms with Gasteiger partial charge < -0.3 is 0 Å². The largest absolute Gasteiger partial charge is 0.103 e. The molecule has 0 bridgehead atoms. The van der Waals surface area contributed by atoms with Crippen LogP contribution in [0.3, 0.4) is 0 Å². The van der Waals surface area contributed by atoms with Crippen LogP contribution in [0.4, 0.5) is 0 Å². The number of hydrogen-bond acceptors (Lipinski definition) is 0. The van der Waals surface area contributed by atoms with E-state index in [0.29, 0.717) is 0 Å². The molecule has 0 fully saturated rings. The Morgan fingerprint density at radius 3 is 2.38 bits per heavy atom. The molecular weight excluding hydrogens is 156 g/mol. The van der Waals surface area contributed by atoms with Gasteiger partial charge in [0.25, 0.3) is 0 Å². The Bertz CT molecular complexity index is 216. The Morgan fingerprint density at radius 1 is 1.23 bits per heavy atom. The Morgan fingerprint density at radius 2 is 1.92 bits per heavy atom. The highest BCUT2D eigenvalue weighted by molar-refractivity contribution is 5.28. The maximum absolute atomic E-state index is 3.96. The molecule has 0 rings (SSSR count). The normalized spacial score (nSPS) is 12.0. The molecule has 0 aromatic heterocycles. The summed E-state index contributed by atoms with van der Waals surface area (Å²) in [4.78, 5) is 0. The summed E-state index contributed by atoms with van der Waals surface area (Å²) in [7, 11) is 0. The molecule has 0 nitrogen and oxygen atoms in total. The van der Waals surface area contributed by atoms with Crippen LogP contribution in [0.25, 0.3) is 0 Å². The minimum Gasteiger partial charge on any atom is -0.103 e. The van der Waals surface area contributed by atoms with E-state index in [0.717, 1.165) is 19.3 Å². The van der Waals surface area contributed by atoms with Gasteiger partial charge in [0.1, 0.15) is 0 Å². The molecule has 0 heteroatoms. The summed E-state index contributed by atoms with van der Waals surface area (Å²) in [6, 6.07) is 0. The van der Waals surface area contributed by atoms with Crippen LogP contribution in [0.5, 0.6) is 0 Å². The summed E-state index contributed by atoms with van der Waals surface area (Å²) >= 11 is 0. The second-order valence-corrected chi connectivity index (χ2v) is 3.01. The lowest BCUT2D eigenvalue weighted by atomic mass is 10.1. The Balaban J connectivity index is 4.23. The zero-order chi connectivity index (χ0) is 10.1. The number of rotatable bonds is 6. The van der Waals surface area contributed by atoms with Gasteiger partial charge in [-0.1, -0.05) is 50.3 Å². The van der Waals surface area contributed by atoms with Crippen LogP contribution in [0.15, 0.2) is 48.6 Å². The van der Waals surface area contributed by atoms with Crippen LogP contribution < -0.4 is 0 Å². The van der Waals surface area contributed by atoms with Gasteiger partial charge in [-0.15, -0.1) is 6.58 Å². The van der Waals surface area contributed by atoms with Gasteiger partial charge in [-0.05, 0) is 24.8 Å². The van der Waals surface area contributed by atoms with Crippen molar-refractivity contribution in [3.05, 3.63) is 48.6 Å². The van der Waals surface area contributed by atoms with Gasteiger partial charge in [0, 0.05) is 0 Å². The van der Waals surface area contributed by atoms with Crippen LogP contribution in [0, 0.1) is 0 Å². The third-order valence-electron chi connectivity index (χ3n) is 1.89. The molecule has 0 aliphatic rings. The number of hydrogen-bond donors (Lipinski definition) is 0. The van der Waals surface area contributed by atoms with E-state index in [9.17, 15) is 0 Å². The standard InChI is InChI=1S/C13H20/c1-5-8-9-10-13(7-3)11-12(4)6-2/h5,9-11H,1,4,6-8H2,2-3H3/b10-9-,13-11-. The summed E-state index contributed by atoms with van der Waals surface area (Å²) < 4.78 is 0. The van der Waals surface area contributed by atoms with Crippen molar-refractivity contribution in [2.45, 2.75) is 33.1 Å². The summed E-state index contributed by atoms with van der Waals surface area (Å²) in [5, 5.41) is 0. The van der Waals surface area contributed by atoms with Crippen molar-refractivity contribution in [2.75, 3.05) is 0 Å². The van der Waals surface area contributed by atoms with Gasteiger partial charge in [-0.2, -0.15) is 0 Å². The molecule has 0 radical (unpaired) electrons. The zero-order valence-corrected chi connectivity index (χ0v) is 8.84. The highest BCUT2D eigenvalue weighted by atomic mass is 13.9. The van der Waals surface area contributed by atoms with Crippen molar-refractivity contribution < 1.29 is 0 Å². The first-order valence-corrected chi connectivity index (χ1v) is 4.90. The van der Waals surface area contributed by atoms with E-state index in [-0.39, 0.29) is 0 Å². The average Bonchev–Trinajstić information content (AvgIpc) is 2.16. The fraction of sp³-hybridized carbons (Fsp3) is 0.385. The minimum atomic E-state index is 0.940. The fourth-order valence-corrected chi connectivity index (χ4v) is 0.948. The Kier molecular flexibility index (Phi) is 6.99. The summed E-state index contributed by atoms with van der Waals surface area (Å²) in [5.41, 5.74) is 2.54. The van der Waals surface area contributed by atoms with E-state index < -0.39 is 0 Å². The van der Waals surface area contributed by atoms with Crippen molar-refractivity contribution in [2.24, 2.45) is 0 Å². The fourth-order valence-electron chi connectivity index (χ4n) is 0.948. The summed E-state index contributed by atoms with van der Waals surface area (Å²) in [6.45, 7) is 11.9. The van der Waals surface area contributed by atoms with Crippen LogP contribution in [0.1, 0.15) is 33.1 Å². The zero-order valence-electron chi connectivity index (χ0n) is 8.84. The van der Waals surface area contributed by atoms with E-state index in [1.54, 1.807) is 0 Å². The van der Waals surface area contributed by atoms with E-state index >= 15 is 0 Å². The molecule has 13 heavy (non-hydrogen) atoms. The molecule has 0 aliphatic heterocycles. The maximum Gasteiger partial charge on any atom is -0.0169 e. The third kappa shape index (κ3) is 6.15. The molecule has 0 aliphatic carbocycles. The number of allylic oxidation sites excluding steroid dienone is 6. The molecule has 0 spiro atoms. The van der Waals surface area contributed by atoms with E-state index in [4.69, 9.17) is 0 Å². The molecule has 0 saturated heterocycles. The molecule has 0 unspecified atom stereocenters.